The lowest BCUT2D eigenvalue weighted by molar-refractivity contribution is 0.154. The van der Waals surface area contributed by atoms with Crippen molar-refractivity contribution in [2.24, 2.45) is 0 Å². The minimum atomic E-state index is 0.643. The number of hydrogen-bond donors (Lipinski definition) is 1. The summed E-state index contributed by atoms with van der Waals surface area (Å²) in [7, 11) is 0. The van der Waals surface area contributed by atoms with Crippen molar-refractivity contribution in [1.29, 1.82) is 0 Å². The standard InChI is InChI=1S/C25H23N3OS2/c1-18-6-7-20(16-24(18)25-23-5-3-2-4-19(23)12-13-26-25)27-31-22-10-8-21(9-11-22)28-17-29-14-15-30-28/h2-13,16,27H,14-15,17H2,1H3. The van der Waals surface area contributed by atoms with Crippen molar-refractivity contribution in [2.45, 2.75) is 11.8 Å². The zero-order chi connectivity index (χ0) is 21.0. The van der Waals surface area contributed by atoms with Crippen molar-refractivity contribution in [3.63, 3.8) is 0 Å². The summed E-state index contributed by atoms with van der Waals surface area (Å²) in [6, 6.07) is 25.5. The number of benzene rings is 3. The molecule has 1 aliphatic heterocycles. The average Bonchev–Trinajstić information content (AvgIpc) is 2.84. The van der Waals surface area contributed by atoms with Gasteiger partial charge in [0.15, 0.2) is 0 Å². The minimum absolute atomic E-state index is 0.643. The Morgan fingerprint density at radius 3 is 2.74 bits per heavy atom. The second-order valence-electron chi connectivity index (χ2n) is 7.36. The van der Waals surface area contributed by atoms with Gasteiger partial charge in [-0.1, -0.05) is 30.3 Å². The van der Waals surface area contributed by atoms with Crippen LogP contribution in [0, 0.1) is 6.92 Å². The summed E-state index contributed by atoms with van der Waals surface area (Å²) in [5.74, 6) is 0.999. The van der Waals surface area contributed by atoms with E-state index < -0.39 is 0 Å². The predicted octanol–water partition coefficient (Wildman–Crippen LogP) is 6.77. The Morgan fingerprint density at radius 2 is 1.90 bits per heavy atom. The Bertz CT molecular complexity index is 1190. The van der Waals surface area contributed by atoms with Crippen molar-refractivity contribution in [2.75, 3.05) is 28.1 Å². The summed E-state index contributed by atoms with van der Waals surface area (Å²) in [4.78, 5) is 5.86. The van der Waals surface area contributed by atoms with E-state index in [4.69, 9.17) is 9.72 Å². The van der Waals surface area contributed by atoms with Gasteiger partial charge in [0.05, 0.1) is 12.3 Å². The Morgan fingerprint density at radius 1 is 1.03 bits per heavy atom. The van der Waals surface area contributed by atoms with E-state index in [0.717, 1.165) is 34.2 Å². The lowest BCUT2D eigenvalue weighted by Gasteiger charge is -2.27. The van der Waals surface area contributed by atoms with Gasteiger partial charge < -0.3 is 9.46 Å². The van der Waals surface area contributed by atoms with Crippen LogP contribution in [-0.4, -0.2) is 24.1 Å². The third-order valence-corrected chi connectivity index (χ3v) is 7.08. The zero-order valence-electron chi connectivity index (χ0n) is 17.2. The molecule has 1 saturated heterocycles. The predicted molar refractivity (Wildman–Crippen MR) is 134 cm³/mol. The van der Waals surface area contributed by atoms with Gasteiger partial charge in [0.2, 0.25) is 0 Å². The van der Waals surface area contributed by atoms with E-state index in [2.05, 4.69) is 88.7 Å². The van der Waals surface area contributed by atoms with Crippen LogP contribution in [0.25, 0.3) is 22.0 Å². The maximum Gasteiger partial charge on any atom is 0.129 e. The van der Waals surface area contributed by atoms with Crippen LogP contribution in [-0.2, 0) is 4.74 Å². The average molecular weight is 446 g/mol. The second-order valence-corrected chi connectivity index (χ2v) is 9.34. The fraction of sp³-hybridized carbons (Fsp3) is 0.160. The number of aromatic nitrogens is 1. The Hall–Kier alpha value is -2.67. The largest absolute Gasteiger partial charge is 0.359 e. The molecule has 3 aromatic carbocycles. The van der Waals surface area contributed by atoms with Crippen molar-refractivity contribution in [3.05, 3.63) is 84.6 Å². The molecular weight excluding hydrogens is 422 g/mol. The van der Waals surface area contributed by atoms with E-state index in [-0.39, 0.29) is 0 Å². The molecular formula is C25H23N3OS2. The summed E-state index contributed by atoms with van der Waals surface area (Å²) in [6.45, 7) is 3.60. The maximum atomic E-state index is 5.54. The number of hydrogen-bond acceptors (Lipinski definition) is 6. The van der Waals surface area contributed by atoms with Crippen LogP contribution in [0.2, 0.25) is 0 Å². The Labute approximate surface area is 191 Å². The highest BCUT2D eigenvalue weighted by atomic mass is 32.2. The van der Waals surface area contributed by atoms with Crippen molar-refractivity contribution in [3.8, 4) is 11.3 Å². The molecule has 156 valence electrons. The molecule has 2 heterocycles. The Kier molecular flexibility index (Phi) is 6.02. The van der Waals surface area contributed by atoms with Crippen molar-refractivity contribution < 1.29 is 4.74 Å². The summed E-state index contributed by atoms with van der Waals surface area (Å²) >= 11 is 3.43. The number of pyridine rings is 1. The highest BCUT2D eigenvalue weighted by Gasteiger charge is 2.12. The van der Waals surface area contributed by atoms with E-state index in [1.54, 1.807) is 11.9 Å². The third-order valence-electron chi connectivity index (χ3n) is 5.26. The summed E-state index contributed by atoms with van der Waals surface area (Å²) in [5.41, 5.74) is 5.62. The molecule has 0 saturated carbocycles. The van der Waals surface area contributed by atoms with Gasteiger partial charge in [0, 0.05) is 39.2 Å². The zero-order valence-corrected chi connectivity index (χ0v) is 18.9. The van der Waals surface area contributed by atoms with E-state index in [9.17, 15) is 0 Å². The van der Waals surface area contributed by atoms with Crippen LogP contribution < -0.4 is 9.03 Å². The molecule has 0 aliphatic carbocycles. The van der Waals surface area contributed by atoms with E-state index in [0.29, 0.717) is 6.73 Å². The molecule has 31 heavy (non-hydrogen) atoms. The second kappa shape index (κ2) is 9.22. The van der Waals surface area contributed by atoms with Crippen LogP contribution in [0.1, 0.15) is 5.56 Å². The molecule has 1 aromatic heterocycles. The normalized spacial score (nSPS) is 14.0. The Balaban J connectivity index is 1.34. The fourth-order valence-corrected chi connectivity index (χ4v) is 5.08. The first-order valence-corrected chi connectivity index (χ1v) is 12.0. The quantitative estimate of drug-likeness (QED) is 0.342. The van der Waals surface area contributed by atoms with E-state index in [1.807, 2.05) is 18.1 Å². The topological polar surface area (TPSA) is 37.4 Å². The summed E-state index contributed by atoms with van der Waals surface area (Å²) in [5, 5.41) is 2.38. The van der Waals surface area contributed by atoms with Crippen molar-refractivity contribution >= 4 is 46.0 Å². The van der Waals surface area contributed by atoms with Crippen LogP contribution in [0.15, 0.2) is 83.9 Å². The number of ether oxygens (including phenoxy) is 1. The van der Waals surface area contributed by atoms with Gasteiger partial charge in [-0.15, -0.1) is 0 Å². The van der Waals surface area contributed by atoms with Crippen LogP contribution in [0.3, 0.4) is 0 Å². The maximum absolute atomic E-state index is 5.54. The molecule has 0 radical (unpaired) electrons. The van der Waals surface area contributed by atoms with E-state index >= 15 is 0 Å². The van der Waals surface area contributed by atoms with Crippen LogP contribution >= 0.6 is 23.9 Å². The first-order chi connectivity index (χ1) is 15.3. The molecule has 0 bridgehead atoms. The number of fused-ring (bicyclic) bond motifs is 1. The van der Waals surface area contributed by atoms with Gasteiger partial charge in [0.25, 0.3) is 0 Å². The number of anilines is 2. The summed E-state index contributed by atoms with van der Waals surface area (Å²) in [6.07, 6.45) is 1.89. The molecule has 1 N–H and O–H groups in total. The highest BCUT2D eigenvalue weighted by Crippen LogP contribution is 2.33. The van der Waals surface area contributed by atoms with Gasteiger partial charge in [-0.25, -0.2) is 0 Å². The van der Waals surface area contributed by atoms with Gasteiger partial charge >= 0.3 is 0 Å². The molecule has 0 atom stereocenters. The minimum Gasteiger partial charge on any atom is -0.359 e. The molecule has 0 unspecified atom stereocenters. The summed E-state index contributed by atoms with van der Waals surface area (Å²) < 4.78 is 11.2. The molecule has 5 rings (SSSR count). The monoisotopic (exact) mass is 445 g/mol. The molecule has 4 nitrogen and oxygen atoms in total. The molecule has 0 spiro atoms. The fourth-order valence-electron chi connectivity index (χ4n) is 3.61. The first kappa shape index (κ1) is 20.2. The number of nitrogens with one attached hydrogen (secondary N) is 1. The number of nitrogens with zero attached hydrogens (tertiary/aromatic N) is 2. The SMILES string of the molecule is Cc1ccc(NSc2ccc(N3COCCS3)cc2)cc1-c1nccc2ccccc12. The van der Waals surface area contributed by atoms with Crippen molar-refractivity contribution in [1.82, 2.24) is 4.98 Å². The molecule has 4 aromatic rings. The smallest absolute Gasteiger partial charge is 0.129 e. The molecule has 6 heteroatoms. The molecule has 0 amide bonds. The molecule has 1 fully saturated rings. The van der Waals surface area contributed by atoms with Crippen LogP contribution in [0.4, 0.5) is 11.4 Å². The number of aryl methyl sites for hydroxylation is 1. The number of rotatable bonds is 5. The third kappa shape index (κ3) is 4.51. The first-order valence-electron chi connectivity index (χ1n) is 10.2. The highest BCUT2D eigenvalue weighted by molar-refractivity contribution is 8.00. The molecule has 1 aliphatic rings. The lowest BCUT2D eigenvalue weighted by Crippen LogP contribution is -2.25. The van der Waals surface area contributed by atoms with E-state index in [1.165, 1.54) is 22.0 Å². The lowest BCUT2D eigenvalue weighted by atomic mass is 10.00. The van der Waals surface area contributed by atoms with Crippen LogP contribution in [0.5, 0.6) is 0 Å². The van der Waals surface area contributed by atoms with Gasteiger partial charge in [-0.05, 0) is 84.2 Å². The van der Waals surface area contributed by atoms with Gasteiger partial charge in [-0.3, -0.25) is 9.29 Å². The van der Waals surface area contributed by atoms with Gasteiger partial charge in [0.1, 0.15) is 6.73 Å². The van der Waals surface area contributed by atoms with Gasteiger partial charge in [-0.2, -0.15) is 0 Å².